The van der Waals surface area contributed by atoms with Gasteiger partial charge < -0.3 is 0 Å². The molecule has 3 heteroatoms. The Morgan fingerprint density at radius 2 is 2.23 bits per heavy atom. The standard InChI is InChI=1S/C10H17ClN2/c1-3-5-6-13-10(4-2)9(7-11)8-12-13/h8H,3-7H2,1-2H3. The van der Waals surface area contributed by atoms with Gasteiger partial charge in [0.1, 0.15) is 0 Å². The summed E-state index contributed by atoms with van der Waals surface area (Å²) in [5, 5.41) is 4.33. The lowest BCUT2D eigenvalue weighted by Crippen LogP contribution is -2.04. The Balaban J connectivity index is 2.75. The van der Waals surface area contributed by atoms with Gasteiger partial charge in [0.05, 0.1) is 12.1 Å². The van der Waals surface area contributed by atoms with E-state index in [1.807, 2.05) is 6.20 Å². The lowest BCUT2D eigenvalue weighted by atomic mass is 10.2. The van der Waals surface area contributed by atoms with Gasteiger partial charge in [-0.3, -0.25) is 4.68 Å². The summed E-state index contributed by atoms with van der Waals surface area (Å²) in [6, 6.07) is 0. The van der Waals surface area contributed by atoms with Gasteiger partial charge in [0.15, 0.2) is 0 Å². The second kappa shape index (κ2) is 5.28. The number of nitrogens with zero attached hydrogens (tertiary/aromatic N) is 2. The Hall–Kier alpha value is -0.500. The minimum atomic E-state index is 0.579. The maximum atomic E-state index is 5.80. The monoisotopic (exact) mass is 200 g/mol. The van der Waals surface area contributed by atoms with Crippen LogP contribution >= 0.6 is 11.6 Å². The Morgan fingerprint density at radius 3 is 2.77 bits per heavy atom. The fourth-order valence-electron chi connectivity index (χ4n) is 1.47. The number of aromatic nitrogens is 2. The summed E-state index contributed by atoms with van der Waals surface area (Å²) in [6.45, 7) is 5.36. The van der Waals surface area contributed by atoms with E-state index in [1.165, 1.54) is 24.1 Å². The number of alkyl halides is 1. The largest absolute Gasteiger partial charge is 0.269 e. The van der Waals surface area contributed by atoms with E-state index >= 15 is 0 Å². The first-order chi connectivity index (χ1) is 6.33. The Kier molecular flexibility index (Phi) is 4.29. The first-order valence-corrected chi connectivity index (χ1v) is 5.46. The summed E-state index contributed by atoms with van der Waals surface area (Å²) in [6.07, 6.45) is 5.31. The van der Waals surface area contributed by atoms with Gasteiger partial charge in [-0.25, -0.2) is 0 Å². The normalized spacial score (nSPS) is 10.7. The topological polar surface area (TPSA) is 17.8 Å². The zero-order chi connectivity index (χ0) is 9.68. The molecule has 0 bridgehead atoms. The summed E-state index contributed by atoms with van der Waals surface area (Å²) in [4.78, 5) is 0. The highest BCUT2D eigenvalue weighted by Crippen LogP contribution is 2.12. The lowest BCUT2D eigenvalue weighted by molar-refractivity contribution is 0.550. The van der Waals surface area contributed by atoms with Crippen LogP contribution in [0, 0.1) is 0 Å². The van der Waals surface area contributed by atoms with E-state index in [4.69, 9.17) is 11.6 Å². The quantitative estimate of drug-likeness (QED) is 0.669. The first kappa shape index (κ1) is 10.6. The van der Waals surface area contributed by atoms with Crippen molar-refractivity contribution < 1.29 is 0 Å². The zero-order valence-electron chi connectivity index (χ0n) is 8.39. The summed E-state index contributed by atoms with van der Waals surface area (Å²) in [7, 11) is 0. The molecule has 0 N–H and O–H groups in total. The van der Waals surface area contributed by atoms with Crippen LogP contribution in [0.1, 0.15) is 37.9 Å². The molecular formula is C10H17ClN2. The second-order valence-corrected chi connectivity index (χ2v) is 3.45. The van der Waals surface area contributed by atoms with E-state index in [-0.39, 0.29) is 0 Å². The lowest BCUT2D eigenvalue weighted by Gasteiger charge is -2.05. The molecule has 0 amide bonds. The fraction of sp³-hybridized carbons (Fsp3) is 0.700. The molecular weight excluding hydrogens is 184 g/mol. The van der Waals surface area contributed by atoms with Crippen molar-refractivity contribution in [2.24, 2.45) is 0 Å². The number of aryl methyl sites for hydroxylation is 1. The number of hydrogen-bond donors (Lipinski definition) is 0. The highest BCUT2D eigenvalue weighted by molar-refractivity contribution is 6.17. The van der Waals surface area contributed by atoms with Crippen LogP contribution in [0.15, 0.2) is 6.20 Å². The molecule has 1 rings (SSSR count). The molecule has 0 aromatic carbocycles. The predicted octanol–water partition coefficient (Wildman–Crippen LogP) is 2.98. The molecule has 1 heterocycles. The molecule has 13 heavy (non-hydrogen) atoms. The van der Waals surface area contributed by atoms with Gasteiger partial charge in [0.2, 0.25) is 0 Å². The Bertz CT molecular complexity index is 255. The summed E-state index contributed by atoms with van der Waals surface area (Å²) >= 11 is 5.80. The maximum absolute atomic E-state index is 5.80. The fourth-order valence-corrected chi connectivity index (χ4v) is 1.69. The van der Waals surface area contributed by atoms with E-state index in [9.17, 15) is 0 Å². The van der Waals surface area contributed by atoms with Crippen molar-refractivity contribution in [2.45, 2.75) is 45.5 Å². The van der Waals surface area contributed by atoms with E-state index in [1.54, 1.807) is 0 Å². The zero-order valence-corrected chi connectivity index (χ0v) is 9.14. The molecule has 0 fully saturated rings. The summed E-state index contributed by atoms with van der Waals surface area (Å²) in [5.74, 6) is 0.579. The van der Waals surface area contributed by atoms with E-state index in [0.29, 0.717) is 5.88 Å². The molecule has 0 radical (unpaired) electrons. The van der Waals surface area contributed by atoms with Gasteiger partial charge >= 0.3 is 0 Å². The third-order valence-corrected chi connectivity index (χ3v) is 2.53. The molecule has 0 spiro atoms. The van der Waals surface area contributed by atoms with Crippen LogP contribution in [0.4, 0.5) is 0 Å². The maximum Gasteiger partial charge on any atom is 0.0536 e. The number of hydrogen-bond acceptors (Lipinski definition) is 1. The first-order valence-electron chi connectivity index (χ1n) is 4.93. The summed E-state index contributed by atoms with van der Waals surface area (Å²) < 4.78 is 2.08. The van der Waals surface area contributed by atoms with Gasteiger partial charge in [-0.2, -0.15) is 5.10 Å². The number of rotatable bonds is 5. The van der Waals surface area contributed by atoms with Crippen LogP contribution in [-0.4, -0.2) is 9.78 Å². The smallest absolute Gasteiger partial charge is 0.0536 e. The van der Waals surface area contributed by atoms with Crippen molar-refractivity contribution in [1.29, 1.82) is 0 Å². The molecule has 0 saturated carbocycles. The van der Waals surface area contributed by atoms with Crippen LogP contribution in [0.3, 0.4) is 0 Å². The van der Waals surface area contributed by atoms with Crippen molar-refractivity contribution in [2.75, 3.05) is 0 Å². The number of unbranched alkanes of at least 4 members (excludes halogenated alkanes) is 1. The van der Waals surface area contributed by atoms with Crippen LogP contribution in [0.5, 0.6) is 0 Å². The molecule has 2 nitrogen and oxygen atoms in total. The van der Waals surface area contributed by atoms with Gasteiger partial charge in [0.25, 0.3) is 0 Å². The van der Waals surface area contributed by atoms with Crippen LogP contribution in [-0.2, 0) is 18.8 Å². The minimum Gasteiger partial charge on any atom is -0.269 e. The van der Waals surface area contributed by atoms with Crippen molar-refractivity contribution in [1.82, 2.24) is 9.78 Å². The van der Waals surface area contributed by atoms with Gasteiger partial charge in [0, 0.05) is 17.8 Å². The predicted molar refractivity (Wildman–Crippen MR) is 56.1 cm³/mol. The summed E-state index contributed by atoms with van der Waals surface area (Å²) in [5.41, 5.74) is 2.48. The highest BCUT2D eigenvalue weighted by Gasteiger charge is 2.06. The van der Waals surface area contributed by atoms with Crippen LogP contribution in [0.2, 0.25) is 0 Å². The van der Waals surface area contributed by atoms with E-state index in [0.717, 1.165) is 13.0 Å². The molecule has 74 valence electrons. The van der Waals surface area contributed by atoms with Crippen molar-refractivity contribution in [3.8, 4) is 0 Å². The van der Waals surface area contributed by atoms with Gasteiger partial charge in [-0.05, 0) is 12.8 Å². The third kappa shape index (κ3) is 2.47. The molecule has 0 unspecified atom stereocenters. The minimum absolute atomic E-state index is 0.579. The Labute approximate surface area is 84.9 Å². The Morgan fingerprint density at radius 1 is 1.46 bits per heavy atom. The van der Waals surface area contributed by atoms with Crippen molar-refractivity contribution in [3.63, 3.8) is 0 Å². The molecule has 0 aliphatic carbocycles. The molecule has 1 aromatic heterocycles. The average molecular weight is 201 g/mol. The molecule has 0 aliphatic rings. The molecule has 0 aliphatic heterocycles. The van der Waals surface area contributed by atoms with Crippen molar-refractivity contribution in [3.05, 3.63) is 17.5 Å². The van der Waals surface area contributed by atoms with E-state index in [2.05, 4.69) is 23.6 Å². The highest BCUT2D eigenvalue weighted by atomic mass is 35.5. The van der Waals surface area contributed by atoms with Crippen LogP contribution in [0.25, 0.3) is 0 Å². The molecule has 0 atom stereocenters. The SMILES string of the molecule is CCCCn1ncc(CCl)c1CC. The molecule has 1 aromatic rings. The van der Waals surface area contributed by atoms with Gasteiger partial charge in [-0.1, -0.05) is 20.3 Å². The van der Waals surface area contributed by atoms with Gasteiger partial charge in [-0.15, -0.1) is 11.6 Å². The molecule has 0 saturated heterocycles. The van der Waals surface area contributed by atoms with Crippen molar-refractivity contribution >= 4 is 11.6 Å². The van der Waals surface area contributed by atoms with Crippen LogP contribution < -0.4 is 0 Å². The average Bonchev–Trinajstić information content (AvgIpc) is 2.56. The van der Waals surface area contributed by atoms with E-state index < -0.39 is 0 Å². The number of halogens is 1. The third-order valence-electron chi connectivity index (χ3n) is 2.24. The second-order valence-electron chi connectivity index (χ2n) is 3.18.